The zero-order chi connectivity index (χ0) is 13.0. The molecule has 0 spiro atoms. The van der Waals surface area contributed by atoms with Crippen LogP contribution in [-0.2, 0) is 0 Å². The molecule has 0 bridgehead atoms. The van der Waals surface area contributed by atoms with Gasteiger partial charge in [0.1, 0.15) is 22.4 Å². The molecule has 0 amide bonds. The first-order valence-corrected chi connectivity index (χ1v) is 6.82. The fourth-order valence-corrected chi connectivity index (χ4v) is 2.05. The number of halogens is 2. The minimum atomic E-state index is 0.445. The van der Waals surface area contributed by atoms with Crippen molar-refractivity contribution in [3.63, 3.8) is 0 Å². The maximum Gasteiger partial charge on any atom is 0.238 e. The van der Waals surface area contributed by atoms with Crippen LogP contribution in [0.3, 0.4) is 0 Å². The number of pyridine rings is 1. The molecule has 0 saturated heterocycles. The third-order valence-electron chi connectivity index (χ3n) is 2.00. The van der Waals surface area contributed by atoms with E-state index in [1.807, 2.05) is 13.0 Å². The molecule has 2 aromatic rings. The van der Waals surface area contributed by atoms with Crippen LogP contribution >= 0.6 is 31.9 Å². The third kappa shape index (κ3) is 3.17. The van der Waals surface area contributed by atoms with E-state index in [0.29, 0.717) is 21.9 Å². The van der Waals surface area contributed by atoms with Gasteiger partial charge in [-0.3, -0.25) is 4.98 Å². The Morgan fingerprint density at radius 2 is 2.11 bits per heavy atom. The normalized spacial score (nSPS) is 10.2. The van der Waals surface area contributed by atoms with Crippen molar-refractivity contribution in [2.75, 3.05) is 11.9 Å². The van der Waals surface area contributed by atoms with E-state index in [-0.39, 0.29) is 0 Å². The first-order chi connectivity index (χ1) is 8.70. The maximum absolute atomic E-state index is 5.65. The Bertz CT molecular complexity index is 550. The van der Waals surface area contributed by atoms with E-state index >= 15 is 0 Å². The smallest absolute Gasteiger partial charge is 0.238 e. The first-order valence-electron chi connectivity index (χ1n) is 5.23. The lowest BCUT2D eigenvalue weighted by molar-refractivity contribution is 0.456. The van der Waals surface area contributed by atoms with Crippen LogP contribution in [0.4, 0.5) is 5.82 Å². The molecule has 0 fully saturated rings. The summed E-state index contributed by atoms with van der Waals surface area (Å²) in [5, 5.41) is 3.11. The summed E-state index contributed by atoms with van der Waals surface area (Å²) >= 11 is 6.75. The van der Waals surface area contributed by atoms with Crippen LogP contribution in [0.15, 0.2) is 33.7 Å². The van der Waals surface area contributed by atoms with Crippen LogP contribution in [0.2, 0.25) is 0 Å². The van der Waals surface area contributed by atoms with Crippen LogP contribution in [-0.4, -0.2) is 21.5 Å². The number of ether oxygens (including phenoxy) is 1. The minimum Gasteiger partial charge on any atom is -0.436 e. The van der Waals surface area contributed by atoms with E-state index in [4.69, 9.17) is 4.74 Å². The van der Waals surface area contributed by atoms with E-state index < -0.39 is 0 Å². The third-order valence-corrected chi connectivity index (χ3v) is 3.14. The van der Waals surface area contributed by atoms with Crippen LogP contribution in [0.5, 0.6) is 11.6 Å². The number of hydrogen-bond acceptors (Lipinski definition) is 5. The average molecular weight is 374 g/mol. The molecular formula is C11H10Br2N4O. The van der Waals surface area contributed by atoms with E-state index in [0.717, 1.165) is 11.0 Å². The summed E-state index contributed by atoms with van der Waals surface area (Å²) in [5.74, 6) is 1.75. The standard InChI is InChI=1S/C11H10Br2N4O/c1-2-15-10-9(13)11(17-6-16-10)18-8-3-7(12)4-14-5-8/h3-6H,2H2,1H3,(H,15,16,17). The summed E-state index contributed by atoms with van der Waals surface area (Å²) < 4.78 is 7.18. The van der Waals surface area contributed by atoms with Crippen LogP contribution in [0, 0.1) is 0 Å². The lowest BCUT2D eigenvalue weighted by Gasteiger charge is -2.09. The second-order valence-corrected chi connectivity index (χ2v) is 5.02. The quantitative estimate of drug-likeness (QED) is 0.886. The highest BCUT2D eigenvalue weighted by atomic mass is 79.9. The molecule has 0 aromatic carbocycles. The lowest BCUT2D eigenvalue weighted by atomic mass is 10.4. The highest BCUT2D eigenvalue weighted by Gasteiger charge is 2.10. The van der Waals surface area contributed by atoms with E-state index in [1.165, 1.54) is 6.33 Å². The highest BCUT2D eigenvalue weighted by molar-refractivity contribution is 9.11. The van der Waals surface area contributed by atoms with Crippen LogP contribution in [0.25, 0.3) is 0 Å². The molecule has 2 rings (SSSR count). The highest BCUT2D eigenvalue weighted by Crippen LogP contribution is 2.32. The molecule has 2 aromatic heterocycles. The molecule has 0 aliphatic heterocycles. The Labute approximate surface area is 121 Å². The van der Waals surface area contributed by atoms with Crippen molar-refractivity contribution in [1.29, 1.82) is 0 Å². The summed E-state index contributed by atoms with van der Waals surface area (Å²) in [4.78, 5) is 12.2. The van der Waals surface area contributed by atoms with Gasteiger partial charge in [0, 0.05) is 17.2 Å². The van der Waals surface area contributed by atoms with Crippen LogP contribution in [0.1, 0.15) is 6.92 Å². The van der Waals surface area contributed by atoms with Crippen molar-refractivity contribution in [3.8, 4) is 11.6 Å². The monoisotopic (exact) mass is 372 g/mol. The summed E-state index contributed by atoms with van der Waals surface area (Å²) in [5.41, 5.74) is 0. The van der Waals surface area contributed by atoms with E-state index in [9.17, 15) is 0 Å². The Balaban J connectivity index is 2.26. The molecule has 0 saturated carbocycles. The number of nitrogens with one attached hydrogen (secondary N) is 1. The van der Waals surface area contributed by atoms with Crippen molar-refractivity contribution in [2.24, 2.45) is 0 Å². The van der Waals surface area contributed by atoms with Gasteiger partial charge in [-0.1, -0.05) is 0 Å². The molecule has 7 heteroatoms. The Morgan fingerprint density at radius 3 is 2.83 bits per heavy atom. The SMILES string of the molecule is CCNc1ncnc(Oc2cncc(Br)c2)c1Br. The topological polar surface area (TPSA) is 59.9 Å². The molecule has 1 N–H and O–H groups in total. The average Bonchev–Trinajstić information content (AvgIpc) is 2.35. The van der Waals surface area contributed by atoms with Crippen molar-refractivity contribution in [3.05, 3.63) is 33.7 Å². The molecule has 0 radical (unpaired) electrons. The fourth-order valence-electron chi connectivity index (χ4n) is 1.28. The van der Waals surface area contributed by atoms with E-state index in [1.54, 1.807) is 12.4 Å². The zero-order valence-corrected chi connectivity index (χ0v) is 12.7. The second-order valence-electron chi connectivity index (χ2n) is 3.31. The largest absolute Gasteiger partial charge is 0.436 e. The number of nitrogens with zero attached hydrogens (tertiary/aromatic N) is 3. The number of anilines is 1. The van der Waals surface area contributed by atoms with Gasteiger partial charge in [0.05, 0.1) is 6.20 Å². The van der Waals surface area contributed by atoms with Crippen molar-refractivity contribution in [1.82, 2.24) is 15.0 Å². The van der Waals surface area contributed by atoms with Crippen molar-refractivity contribution in [2.45, 2.75) is 6.92 Å². The van der Waals surface area contributed by atoms with Gasteiger partial charge in [-0.05, 0) is 44.8 Å². The van der Waals surface area contributed by atoms with Gasteiger partial charge in [0.25, 0.3) is 0 Å². The molecular weight excluding hydrogens is 364 g/mol. The molecule has 18 heavy (non-hydrogen) atoms. The summed E-state index contributed by atoms with van der Waals surface area (Å²) in [6.07, 6.45) is 4.75. The summed E-state index contributed by atoms with van der Waals surface area (Å²) in [6.45, 7) is 2.76. The molecule has 0 atom stereocenters. The van der Waals surface area contributed by atoms with Gasteiger partial charge in [-0.25, -0.2) is 9.97 Å². The summed E-state index contributed by atoms with van der Waals surface area (Å²) in [6, 6.07) is 1.81. The first kappa shape index (κ1) is 13.2. The van der Waals surface area contributed by atoms with Gasteiger partial charge in [0.15, 0.2) is 0 Å². The van der Waals surface area contributed by atoms with Gasteiger partial charge in [0.2, 0.25) is 5.88 Å². The Kier molecular flexibility index (Phi) is 4.48. The van der Waals surface area contributed by atoms with Gasteiger partial charge >= 0.3 is 0 Å². The van der Waals surface area contributed by atoms with Gasteiger partial charge in [-0.15, -0.1) is 0 Å². The number of rotatable bonds is 4. The number of hydrogen-bond donors (Lipinski definition) is 1. The Hall–Kier alpha value is -1.21. The molecule has 2 heterocycles. The maximum atomic E-state index is 5.65. The zero-order valence-electron chi connectivity index (χ0n) is 9.52. The van der Waals surface area contributed by atoms with Crippen LogP contribution < -0.4 is 10.1 Å². The lowest BCUT2D eigenvalue weighted by Crippen LogP contribution is -2.02. The van der Waals surface area contributed by atoms with Crippen molar-refractivity contribution >= 4 is 37.7 Å². The Morgan fingerprint density at radius 1 is 1.28 bits per heavy atom. The number of aromatic nitrogens is 3. The molecule has 0 aliphatic carbocycles. The van der Waals surface area contributed by atoms with Gasteiger partial charge < -0.3 is 10.1 Å². The summed E-state index contributed by atoms with van der Waals surface area (Å²) in [7, 11) is 0. The predicted molar refractivity (Wildman–Crippen MR) is 75.9 cm³/mol. The predicted octanol–water partition coefficient (Wildman–Crippen LogP) is 3.62. The fraction of sp³-hybridized carbons (Fsp3) is 0.182. The molecule has 94 valence electrons. The van der Waals surface area contributed by atoms with Gasteiger partial charge in [-0.2, -0.15) is 0 Å². The molecule has 0 aliphatic rings. The second kappa shape index (κ2) is 6.10. The molecule has 5 nitrogen and oxygen atoms in total. The molecule has 0 unspecified atom stereocenters. The van der Waals surface area contributed by atoms with E-state index in [2.05, 4.69) is 52.1 Å². The minimum absolute atomic E-state index is 0.445. The van der Waals surface area contributed by atoms with Crippen molar-refractivity contribution < 1.29 is 4.74 Å².